The van der Waals surface area contributed by atoms with Crippen LogP contribution in [0.25, 0.3) is 6.08 Å². The van der Waals surface area contributed by atoms with Gasteiger partial charge in [0, 0.05) is 43.1 Å². The molecule has 0 aliphatic rings. The number of carbonyl (C=O) groups is 2. The van der Waals surface area contributed by atoms with Crippen molar-refractivity contribution < 1.29 is 19.2 Å². The van der Waals surface area contributed by atoms with Crippen molar-refractivity contribution in [1.29, 1.82) is 0 Å². The summed E-state index contributed by atoms with van der Waals surface area (Å²) >= 11 is 0. The summed E-state index contributed by atoms with van der Waals surface area (Å²) in [6, 6.07) is 9.06. The van der Waals surface area contributed by atoms with Crippen LogP contribution in [0.3, 0.4) is 0 Å². The predicted molar refractivity (Wildman–Crippen MR) is 91.0 cm³/mol. The van der Waals surface area contributed by atoms with E-state index in [0.717, 1.165) is 5.56 Å². The Balaban J connectivity index is 3.08. The SMILES string of the molecule is CCC(=O)CCC(C)(C/C(=C\c1ccccc1)C(=O)OC)[N+](=O)[O-]. The van der Waals surface area contributed by atoms with Gasteiger partial charge in [-0.3, -0.25) is 14.9 Å². The molecule has 0 radical (unpaired) electrons. The molecule has 130 valence electrons. The lowest BCUT2D eigenvalue weighted by Crippen LogP contribution is -2.37. The first-order valence-electron chi connectivity index (χ1n) is 7.82. The Hall–Kier alpha value is -2.50. The third-order valence-electron chi connectivity index (χ3n) is 3.94. The number of hydrogen-bond donors (Lipinski definition) is 0. The summed E-state index contributed by atoms with van der Waals surface area (Å²) in [6.07, 6.45) is 2.04. The summed E-state index contributed by atoms with van der Waals surface area (Å²) in [6.45, 7) is 3.18. The van der Waals surface area contributed by atoms with E-state index in [1.54, 1.807) is 25.1 Å². The van der Waals surface area contributed by atoms with Crippen molar-refractivity contribution >= 4 is 17.8 Å². The number of hydrogen-bond acceptors (Lipinski definition) is 5. The van der Waals surface area contributed by atoms with Crippen LogP contribution >= 0.6 is 0 Å². The van der Waals surface area contributed by atoms with E-state index in [0.29, 0.717) is 6.42 Å². The highest BCUT2D eigenvalue weighted by Crippen LogP contribution is 2.27. The third kappa shape index (κ3) is 5.61. The van der Waals surface area contributed by atoms with Gasteiger partial charge in [-0.15, -0.1) is 0 Å². The van der Waals surface area contributed by atoms with Gasteiger partial charge in [0.1, 0.15) is 5.78 Å². The van der Waals surface area contributed by atoms with Gasteiger partial charge in [-0.1, -0.05) is 37.3 Å². The molecule has 0 aromatic heterocycles. The molecule has 0 fully saturated rings. The van der Waals surface area contributed by atoms with E-state index < -0.39 is 16.4 Å². The highest BCUT2D eigenvalue weighted by Gasteiger charge is 2.39. The monoisotopic (exact) mass is 333 g/mol. The lowest BCUT2D eigenvalue weighted by molar-refractivity contribution is -0.565. The smallest absolute Gasteiger partial charge is 0.334 e. The van der Waals surface area contributed by atoms with E-state index in [-0.39, 0.29) is 30.6 Å². The molecule has 0 aliphatic carbocycles. The summed E-state index contributed by atoms with van der Waals surface area (Å²) in [5.41, 5.74) is -0.431. The van der Waals surface area contributed by atoms with Gasteiger partial charge in [0.15, 0.2) is 0 Å². The van der Waals surface area contributed by atoms with Crippen LogP contribution in [-0.2, 0) is 14.3 Å². The zero-order valence-corrected chi connectivity index (χ0v) is 14.3. The molecule has 0 saturated heterocycles. The molecule has 1 unspecified atom stereocenters. The van der Waals surface area contributed by atoms with Crippen molar-refractivity contribution in [1.82, 2.24) is 0 Å². The summed E-state index contributed by atoms with van der Waals surface area (Å²) in [7, 11) is 1.24. The van der Waals surface area contributed by atoms with Crippen molar-refractivity contribution in [2.24, 2.45) is 0 Å². The first kappa shape index (κ1) is 19.5. The number of nitrogens with zero attached hydrogens (tertiary/aromatic N) is 1. The summed E-state index contributed by atoms with van der Waals surface area (Å²) < 4.78 is 4.76. The standard InChI is InChI=1S/C18H23NO5/c1-4-16(20)10-11-18(2,19(22)23)13-15(17(21)24-3)12-14-8-6-5-7-9-14/h5-9,12H,4,10-11,13H2,1-3H3/b15-12+. The molecule has 0 bridgehead atoms. The van der Waals surface area contributed by atoms with Crippen LogP contribution in [0.4, 0.5) is 0 Å². The molecule has 0 N–H and O–H groups in total. The van der Waals surface area contributed by atoms with E-state index in [9.17, 15) is 19.7 Å². The second-order valence-electron chi connectivity index (χ2n) is 5.89. The Kier molecular flexibility index (Phi) is 7.30. The minimum Gasteiger partial charge on any atom is -0.466 e. The quantitative estimate of drug-likeness (QED) is 0.299. The Morgan fingerprint density at radius 1 is 1.29 bits per heavy atom. The van der Waals surface area contributed by atoms with Gasteiger partial charge in [-0.2, -0.15) is 0 Å². The van der Waals surface area contributed by atoms with Crippen LogP contribution in [0.1, 0.15) is 45.1 Å². The number of carbonyl (C=O) groups excluding carboxylic acids is 2. The number of nitro groups is 1. The molecule has 6 nitrogen and oxygen atoms in total. The third-order valence-corrected chi connectivity index (χ3v) is 3.94. The zero-order chi connectivity index (χ0) is 18.2. The molecule has 0 aliphatic heterocycles. The van der Waals surface area contributed by atoms with Crippen molar-refractivity contribution in [2.45, 2.75) is 45.1 Å². The maximum absolute atomic E-state index is 12.0. The fraction of sp³-hybridized carbons (Fsp3) is 0.444. The topological polar surface area (TPSA) is 86.5 Å². The van der Waals surface area contributed by atoms with Crippen LogP contribution in [0.2, 0.25) is 0 Å². The molecule has 1 aromatic rings. The van der Waals surface area contributed by atoms with E-state index in [4.69, 9.17) is 4.74 Å². The van der Waals surface area contributed by atoms with Gasteiger partial charge in [0.25, 0.3) is 0 Å². The normalized spacial score (nSPS) is 13.9. The molecule has 0 spiro atoms. The number of Topliss-reactive ketones (excluding diaryl/α,β-unsaturated/α-hetero) is 1. The Bertz CT molecular complexity index is 624. The first-order valence-corrected chi connectivity index (χ1v) is 7.82. The predicted octanol–water partition coefficient (Wildman–Crippen LogP) is 3.43. The average molecular weight is 333 g/mol. The summed E-state index contributed by atoms with van der Waals surface area (Å²) in [5.74, 6) is -0.636. The molecule has 1 rings (SSSR count). The second kappa shape index (κ2) is 8.96. The first-order chi connectivity index (χ1) is 11.3. The highest BCUT2D eigenvalue weighted by molar-refractivity contribution is 5.93. The number of benzene rings is 1. The van der Waals surface area contributed by atoms with Gasteiger partial charge in [-0.05, 0) is 11.6 Å². The van der Waals surface area contributed by atoms with E-state index in [2.05, 4.69) is 0 Å². The maximum atomic E-state index is 12.0. The van der Waals surface area contributed by atoms with E-state index in [1.165, 1.54) is 14.0 Å². The van der Waals surface area contributed by atoms with Crippen molar-refractivity contribution in [2.75, 3.05) is 7.11 Å². The number of methoxy groups -OCH3 is 1. The molecule has 0 heterocycles. The summed E-state index contributed by atoms with van der Waals surface area (Å²) in [5, 5.41) is 11.5. The van der Waals surface area contributed by atoms with Crippen molar-refractivity contribution in [3.63, 3.8) is 0 Å². The van der Waals surface area contributed by atoms with Crippen LogP contribution in [0, 0.1) is 10.1 Å². The number of ether oxygens (including phenoxy) is 1. The Morgan fingerprint density at radius 3 is 2.42 bits per heavy atom. The minimum atomic E-state index is -1.40. The minimum absolute atomic E-state index is 0.0327. The average Bonchev–Trinajstić information content (AvgIpc) is 2.59. The molecule has 0 amide bonds. The Labute approximate surface area is 141 Å². The number of rotatable bonds is 9. The molecule has 6 heteroatoms. The van der Waals surface area contributed by atoms with E-state index >= 15 is 0 Å². The largest absolute Gasteiger partial charge is 0.466 e. The van der Waals surface area contributed by atoms with Gasteiger partial charge in [-0.25, -0.2) is 4.79 Å². The van der Waals surface area contributed by atoms with Gasteiger partial charge in [0.05, 0.1) is 7.11 Å². The van der Waals surface area contributed by atoms with Crippen LogP contribution in [0.15, 0.2) is 35.9 Å². The fourth-order valence-corrected chi connectivity index (χ4v) is 2.30. The maximum Gasteiger partial charge on any atom is 0.334 e. The van der Waals surface area contributed by atoms with Crippen LogP contribution < -0.4 is 0 Å². The molecule has 0 saturated carbocycles. The molecule has 1 aromatic carbocycles. The van der Waals surface area contributed by atoms with Crippen molar-refractivity contribution in [3.05, 3.63) is 51.6 Å². The van der Waals surface area contributed by atoms with Gasteiger partial charge >= 0.3 is 5.97 Å². The molecular weight excluding hydrogens is 310 g/mol. The van der Waals surface area contributed by atoms with Gasteiger partial charge < -0.3 is 4.74 Å². The summed E-state index contributed by atoms with van der Waals surface area (Å²) in [4.78, 5) is 34.7. The fourth-order valence-electron chi connectivity index (χ4n) is 2.30. The van der Waals surface area contributed by atoms with Crippen LogP contribution in [-0.4, -0.2) is 29.3 Å². The number of esters is 1. The molecule has 1 atom stereocenters. The zero-order valence-electron chi connectivity index (χ0n) is 14.3. The lowest BCUT2D eigenvalue weighted by Gasteiger charge is -2.21. The van der Waals surface area contributed by atoms with Crippen LogP contribution in [0.5, 0.6) is 0 Å². The lowest BCUT2D eigenvalue weighted by atomic mass is 9.87. The number of ketones is 1. The Morgan fingerprint density at radius 2 is 1.92 bits per heavy atom. The molecule has 24 heavy (non-hydrogen) atoms. The van der Waals surface area contributed by atoms with E-state index in [1.807, 2.05) is 18.2 Å². The highest BCUT2D eigenvalue weighted by atomic mass is 16.6. The van der Waals surface area contributed by atoms with Crippen molar-refractivity contribution in [3.8, 4) is 0 Å². The second-order valence-corrected chi connectivity index (χ2v) is 5.89. The van der Waals surface area contributed by atoms with Gasteiger partial charge in [0.2, 0.25) is 5.54 Å². The molecular formula is C18H23NO5.